The van der Waals surface area contributed by atoms with Crippen LogP contribution in [-0.2, 0) is 0 Å². The zero-order chi connectivity index (χ0) is 12.4. The number of hydrogen-bond donors (Lipinski definition) is 1. The smallest absolute Gasteiger partial charge is 0.166 e. The second-order valence-electron chi connectivity index (χ2n) is 3.33. The second kappa shape index (κ2) is 4.73. The second-order valence-corrected chi connectivity index (χ2v) is 3.74. The van der Waals surface area contributed by atoms with Crippen molar-refractivity contribution in [2.24, 2.45) is 0 Å². The van der Waals surface area contributed by atoms with Crippen molar-refractivity contribution in [2.75, 3.05) is 0 Å². The van der Waals surface area contributed by atoms with Gasteiger partial charge in [0.2, 0.25) is 0 Å². The minimum absolute atomic E-state index is 0.0553. The molecule has 3 nitrogen and oxygen atoms in total. The Morgan fingerprint density at radius 2 is 1.82 bits per heavy atom. The number of nitrogens with zero attached hydrogens (tertiary/aromatic N) is 2. The zero-order valence-corrected chi connectivity index (χ0v) is 9.20. The molecule has 1 aromatic heterocycles. The molecule has 0 bridgehead atoms. The van der Waals surface area contributed by atoms with Gasteiger partial charge >= 0.3 is 0 Å². The Hall–Kier alpha value is -1.59. The van der Waals surface area contributed by atoms with Gasteiger partial charge in [-0.05, 0) is 12.1 Å². The average molecular weight is 257 g/mol. The van der Waals surface area contributed by atoms with Gasteiger partial charge in [-0.2, -0.15) is 0 Å². The first-order chi connectivity index (χ1) is 8.11. The van der Waals surface area contributed by atoms with Crippen LogP contribution in [0, 0.1) is 11.6 Å². The molecule has 1 unspecified atom stereocenters. The van der Waals surface area contributed by atoms with Crippen molar-refractivity contribution in [3.8, 4) is 0 Å². The highest BCUT2D eigenvalue weighted by molar-refractivity contribution is 6.31. The molecule has 0 spiro atoms. The van der Waals surface area contributed by atoms with Crippen molar-refractivity contribution in [3.05, 3.63) is 58.6 Å². The third-order valence-corrected chi connectivity index (χ3v) is 2.58. The van der Waals surface area contributed by atoms with Gasteiger partial charge in [-0.3, -0.25) is 0 Å². The topological polar surface area (TPSA) is 46.0 Å². The number of benzene rings is 1. The van der Waals surface area contributed by atoms with Gasteiger partial charge in [0.05, 0.1) is 0 Å². The summed E-state index contributed by atoms with van der Waals surface area (Å²) in [5.74, 6) is -2.24. The van der Waals surface area contributed by atoms with Gasteiger partial charge in [0.25, 0.3) is 0 Å². The number of aromatic nitrogens is 2. The molecular formula is C11H7ClF2N2O. The molecule has 88 valence electrons. The number of aliphatic hydroxyl groups excluding tert-OH is 1. The molecule has 1 aromatic carbocycles. The normalized spacial score (nSPS) is 12.5. The summed E-state index contributed by atoms with van der Waals surface area (Å²) in [6.45, 7) is 0. The quantitative estimate of drug-likeness (QED) is 0.840. The van der Waals surface area contributed by atoms with Crippen LogP contribution >= 0.6 is 11.6 Å². The Labute approximate surface area is 101 Å². The van der Waals surface area contributed by atoms with Crippen molar-refractivity contribution in [1.82, 2.24) is 9.97 Å². The maximum absolute atomic E-state index is 13.5. The summed E-state index contributed by atoms with van der Waals surface area (Å²) in [5, 5.41) is 9.85. The van der Waals surface area contributed by atoms with Crippen molar-refractivity contribution in [3.63, 3.8) is 0 Å². The predicted molar refractivity (Wildman–Crippen MR) is 57.5 cm³/mol. The molecule has 2 rings (SSSR count). The van der Waals surface area contributed by atoms with Crippen LogP contribution in [0.5, 0.6) is 0 Å². The van der Waals surface area contributed by atoms with Gasteiger partial charge < -0.3 is 5.11 Å². The predicted octanol–water partition coefficient (Wildman–Crippen LogP) is 2.49. The fourth-order valence-electron chi connectivity index (χ4n) is 1.41. The molecule has 0 radical (unpaired) electrons. The molecule has 0 amide bonds. The molecule has 17 heavy (non-hydrogen) atoms. The molecular weight excluding hydrogens is 250 g/mol. The van der Waals surface area contributed by atoms with Crippen LogP contribution in [0.3, 0.4) is 0 Å². The largest absolute Gasteiger partial charge is 0.383 e. The third kappa shape index (κ3) is 2.25. The summed E-state index contributed by atoms with van der Waals surface area (Å²) in [6.07, 6.45) is 2.47. The monoisotopic (exact) mass is 256 g/mol. The summed E-state index contributed by atoms with van der Waals surface area (Å²) >= 11 is 5.74. The lowest BCUT2D eigenvalue weighted by Crippen LogP contribution is -2.06. The van der Waals surface area contributed by atoms with Crippen LogP contribution in [0.15, 0.2) is 30.9 Å². The summed E-state index contributed by atoms with van der Waals surface area (Å²) in [4.78, 5) is 7.37. The van der Waals surface area contributed by atoms with Gasteiger partial charge in [0, 0.05) is 28.5 Å². The first kappa shape index (κ1) is 11.9. The first-order valence-corrected chi connectivity index (χ1v) is 5.05. The Kier molecular flexibility index (Phi) is 3.31. The molecule has 0 aliphatic rings. The third-order valence-electron chi connectivity index (χ3n) is 2.25. The molecule has 2 aromatic rings. The van der Waals surface area contributed by atoms with E-state index in [1.54, 1.807) is 0 Å². The van der Waals surface area contributed by atoms with Crippen LogP contribution in [0.1, 0.15) is 17.2 Å². The van der Waals surface area contributed by atoms with E-state index >= 15 is 0 Å². The highest BCUT2D eigenvalue weighted by atomic mass is 35.5. The highest BCUT2D eigenvalue weighted by Gasteiger charge is 2.21. The van der Waals surface area contributed by atoms with E-state index in [0.29, 0.717) is 0 Å². The molecule has 0 aliphatic heterocycles. The Balaban J connectivity index is 2.51. The fraction of sp³-hybridized carbons (Fsp3) is 0.0909. The Bertz CT molecular complexity index is 536. The van der Waals surface area contributed by atoms with Gasteiger partial charge in [-0.15, -0.1) is 0 Å². The Morgan fingerprint density at radius 3 is 2.47 bits per heavy atom. The minimum Gasteiger partial charge on any atom is -0.383 e. The van der Waals surface area contributed by atoms with E-state index in [0.717, 1.165) is 6.07 Å². The first-order valence-electron chi connectivity index (χ1n) is 4.67. The molecule has 0 aliphatic carbocycles. The standard InChI is InChI=1S/C11H7ClF2N2O/c12-7-1-2-8(13)10(14)9(7)11(17)6-3-15-5-16-4-6/h1-5,11,17H. The van der Waals surface area contributed by atoms with Crippen LogP contribution in [0.4, 0.5) is 8.78 Å². The van der Waals surface area contributed by atoms with Crippen LogP contribution in [0.25, 0.3) is 0 Å². The number of rotatable bonds is 2. The van der Waals surface area contributed by atoms with Gasteiger partial charge in [-0.1, -0.05) is 11.6 Å². The maximum atomic E-state index is 13.5. The van der Waals surface area contributed by atoms with E-state index in [1.807, 2.05) is 0 Å². The van der Waals surface area contributed by atoms with Crippen molar-refractivity contribution in [1.29, 1.82) is 0 Å². The van der Waals surface area contributed by atoms with Gasteiger partial charge in [0.15, 0.2) is 11.6 Å². The molecule has 0 saturated heterocycles. The van der Waals surface area contributed by atoms with Gasteiger partial charge in [-0.25, -0.2) is 18.7 Å². The number of aliphatic hydroxyl groups is 1. The van der Waals surface area contributed by atoms with E-state index in [2.05, 4.69) is 9.97 Å². The highest BCUT2D eigenvalue weighted by Crippen LogP contribution is 2.31. The molecule has 1 N–H and O–H groups in total. The van der Waals surface area contributed by atoms with E-state index in [4.69, 9.17) is 11.6 Å². The maximum Gasteiger partial charge on any atom is 0.166 e. The summed E-state index contributed by atoms with van der Waals surface area (Å²) < 4.78 is 26.6. The van der Waals surface area contributed by atoms with E-state index in [1.165, 1.54) is 24.8 Å². The Morgan fingerprint density at radius 1 is 1.18 bits per heavy atom. The van der Waals surface area contributed by atoms with Crippen molar-refractivity contribution in [2.45, 2.75) is 6.10 Å². The molecule has 1 heterocycles. The van der Waals surface area contributed by atoms with E-state index in [9.17, 15) is 13.9 Å². The van der Waals surface area contributed by atoms with E-state index < -0.39 is 17.7 Å². The minimum atomic E-state index is -1.40. The lowest BCUT2D eigenvalue weighted by atomic mass is 10.0. The zero-order valence-electron chi connectivity index (χ0n) is 8.44. The summed E-state index contributed by atoms with van der Waals surface area (Å²) in [6, 6.07) is 2.08. The number of halogens is 3. The average Bonchev–Trinajstić information content (AvgIpc) is 2.35. The van der Waals surface area contributed by atoms with Gasteiger partial charge in [0.1, 0.15) is 12.4 Å². The molecule has 0 saturated carbocycles. The lowest BCUT2D eigenvalue weighted by molar-refractivity contribution is 0.212. The van der Waals surface area contributed by atoms with Crippen LogP contribution < -0.4 is 0 Å². The molecule has 0 fully saturated rings. The van der Waals surface area contributed by atoms with E-state index in [-0.39, 0.29) is 16.1 Å². The van der Waals surface area contributed by atoms with Crippen molar-refractivity contribution < 1.29 is 13.9 Å². The lowest BCUT2D eigenvalue weighted by Gasteiger charge is -2.13. The number of hydrogen-bond acceptors (Lipinski definition) is 3. The summed E-state index contributed by atoms with van der Waals surface area (Å²) in [7, 11) is 0. The van der Waals surface area contributed by atoms with Crippen LogP contribution in [-0.4, -0.2) is 15.1 Å². The van der Waals surface area contributed by atoms with Crippen molar-refractivity contribution >= 4 is 11.6 Å². The molecule has 1 atom stereocenters. The van der Waals surface area contributed by atoms with Crippen LogP contribution in [0.2, 0.25) is 5.02 Å². The fourth-order valence-corrected chi connectivity index (χ4v) is 1.66. The molecule has 6 heteroatoms. The summed E-state index contributed by atoms with van der Waals surface area (Å²) in [5.41, 5.74) is -0.0830. The SMILES string of the molecule is OC(c1cncnc1)c1c(Cl)ccc(F)c1F.